The number of halogens is 1. The molecule has 1 aromatic rings. The maximum absolute atomic E-state index is 12.3. The molecular formula is C14H19BrN2O. The average molecular weight is 311 g/mol. The van der Waals surface area contributed by atoms with E-state index < -0.39 is 5.54 Å². The first-order valence-electron chi connectivity index (χ1n) is 6.30. The number of hydrogen-bond acceptors (Lipinski definition) is 2. The zero-order valence-electron chi connectivity index (χ0n) is 10.7. The molecule has 0 spiro atoms. The highest BCUT2D eigenvalue weighted by Crippen LogP contribution is 2.29. The smallest absolute Gasteiger partial charge is 0.242 e. The van der Waals surface area contributed by atoms with Gasteiger partial charge in [0, 0.05) is 18.1 Å². The summed E-state index contributed by atoms with van der Waals surface area (Å²) in [7, 11) is 1.83. The maximum atomic E-state index is 12.3. The Morgan fingerprint density at radius 1 is 1.33 bits per heavy atom. The molecule has 0 aromatic heterocycles. The van der Waals surface area contributed by atoms with E-state index in [1.807, 2.05) is 31.3 Å². The van der Waals surface area contributed by atoms with E-state index in [0.29, 0.717) is 6.54 Å². The molecule has 0 heterocycles. The van der Waals surface area contributed by atoms with Crippen LogP contribution < -0.4 is 5.73 Å². The van der Waals surface area contributed by atoms with Crippen molar-refractivity contribution in [3.05, 3.63) is 34.3 Å². The van der Waals surface area contributed by atoms with E-state index in [0.717, 1.165) is 35.7 Å². The Morgan fingerprint density at radius 2 is 1.89 bits per heavy atom. The fourth-order valence-corrected chi connectivity index (χ4v) is 2.80. The molecular weight excluding hydrogens is 292 g/mol. The summed E-state index contributed by atoms with van der Waals surface area (Å²) in [5, 5.41) is 0. The van der Waals surface area contributed by atoms with E-state index in [2.05, 4.69) is 15.9 Å². The van der Waals surface area contributed by atoms with Gasteiger partial charge in [0.15, 0.2) is 0 Å². The van der Waals surface area contributed by atoms with Crippen molar-refractivity contribution in [2.45, 2.75) is 37.8 Å². The number of likely N-dealkylation sites (N-methyl/N-ethyl adjacent to an activating group) is 1. The van der Waals surface area contributed by atoms with Crippen molar-refractivity contribution in [3.63, 3.8) is 0 Å². The quantitative estimate of drug-likeness (QED) is 0.933. The molecule has 0 bridgehead atoms. The Balaban J connectivity index is 2.01. The molecule has 0 atom stereocenters. The molecule has 1 amide bonds. The molecule has 0 saturated heterocycles. The summed E-state index contributed by atoms with van der Waals surface area (Å²) in [5.74, 6) is 0.0721. The SMILES string of the molecule is CN(Cc1ccc(Br)cc1)C(=O)C1(N)CCCC1. The van der Waals surface area contributed by atoms with E-state index in [4.69, 9.17) is 5.73 Å². The summed E-state index contributed by atoms with van der Waals surface area (Å²) in [5.41, 5.74) is 6.68. The van der Waals surface area contributed by atoms with E-state index >= 15 is 0 Å². The summed E-state index contributed by atoms with van der Waals surface area (Å²) in [6.45, 7) is 0.616. The Morgan fingerprint density at radius 3 is 2.44 bits per heavy atom. The van der Waals surface area contributed by atoms with Gasteiger partial charge in [0.05, 0.1) is 5.54 Å². The second kappa shape index (κ2) is 5.41. The highest BCUT2D eigenvalue weighted by molar-refractivity contribution is 9.10. The predicted molar refractivity (Wildman–Crippen MR) is 76.0 cm³/mol. The Labute approximate surface area is 116 Å². The number of rotatable bonds is 3. The molecule has 0 radical (unpaired) electrons. The molecule has 2 N–H and O–H groups in total. The summed E-state index contributed by atoms with van der Waals surface area (Å²) < 4.78 is 1.05. The zero-order valence-corrected chi connectivity index (χ0v) is 12.2. The van der Waals surface area contributed by atoms with Gasteiger partial charge in [0.2, 0.25) is 5.91 Å². The normalized spacial score (nSPS) is 17.7. The minimum Gasteiger partial charge on any atom is -0.340 e. The van der Waals surface area contributed by atoms with Crippen LogP contribution in [0.1, 0.15) is 31.2 Å². The van der Waals surface area contributed by atoms with Gasteiger partial charge >= 0.3 is 0 Å². The van der Waals surface area contributed by atoms with E-state index in [-0.39, 0.29) is 5.91 Å². The fourth-order valence-electron chi connectivity index (χ4n) is 2.54. The minimum absolute atomic E-state index is 0.0721. The van der Waals surface area contributed by atoms with Crippen molar-refractivity contribution in [2.24, 2.45) is 5.73 Å². The third kappa shape index (κ3) is 2.93. The lowest BCUT2D eigenvalue weighted by atomic mass is 9.97. The topological polar surface area (TPSA) is 46.3 Å². The van der Waals surface area contributed by atoms with E-state index in [9.17, 15) is 4.79 Å². The van der Waals surface area contributed by atoms with Crippen molar-refractivity contribution >= 4 is 21.8 Å². The van der Waals surface area contributed by atoms with Crippen LogP contribution >= 0.6 is 15.9 Å². The molecule has 4 heteroatoms. The average Bonchev–Trinajstić information content (AvgIpc) is 2.79. The molecule has 1 aromatic carbocycles. The standard InChI is InChI=1S/C14H19BrN2O/c1-17(10-11-4-6-12(15)7-5-11)13(18)14(16)8-2-3-9-14/h4-7H,2-3,8-10,16H2,1H3. The van der Waals surface area contributed by atoms with Gasteiger partial charge in [0.25, 0.3) is 0 Å². The van der Waals surface area contributed by atoms with Crippen molar-refractivity contribution in [1.29, 1.82) is 0 Å². The van der Waals surface area contributed by atoms with Gasteiger partial charge in [-0.25, -0.2) is 0 Å². The van der Waals surface area contributed by atoms with Gasteiger partial charge in [-0.2, -0.15) is 0 Å². The third-order valence-electron chi connectivity index (χ3n) is 3.60. The van der Waals surface area contributed by atoms with Crippen LogP contribution in [0.15, 0.2) is 28.7 Å². The number of nitrogens with zero attached hydrogens (tertiary/aromatic N) is 1. The molecule has 98 valence electrons. The van der Waals surface area contributed by atoms with Crippen LogP contribution in [0.25, 0.3) is 0 Å². The van der Waals surface area contributed by atoms with Gasteiger partial charge in [-0.3, -0.25) is 4.79 Å². The van der Waals surface area contributed by atoms with E-state index in [1.54, 1.807) is 4.90 Å². The van der Waals surface area contributed by atoms with Crippen molar-refractivity contribution in [3.8, 4) is 0 Å². The second-order valence-corrected chi connectivity index (χ2v) is 6.07. The number of carbonyl (C=O) groups is 1. The lowest BCUT2D eigenvalue weighted by Gasteiger charge is -2.28. The van der Waals surface area contributed by atoms with Gasteiger partial charge in [-0.05, 0) is 30.5 Å². The van der Waals surface area contributed by atoms with Crippen LogP contribution in [-0.2, 0) is 11.3 Å². The van der Waals surface area contributed by atoms with Crippen molar-refractivity contribution in [1.82, 2.24) is 4.90 Å². The fraction of sp³-hybridized carbons (Fsp3) is 0.500. The van der Waals surface area contributed by atoms with Gasteiger partial charge in [-0.15, -0.1) is 0 Å². The zero-order chi connectivity index (χ0) is 13.2. The Kier molecular flexibility index (Phi) is 4.07. The number of nitrogens with two attached hydrogens (primary N) is 1. The van der Waals surface area contributed by atoms with Crippen LogP contribution in [0.4, 0.5) is 0 Å². The first-order valence-corrected chi connectivity index (χ1v) is 7.09. The molecule has 1 saturated carbocycles. The molecule has 18 heavy (non-hydrogen) atoms. The Bertz CT molecular complexity index is 424. The largest absolute Gasteiger partial charge is 0.340 e. The molecule has 1 aliphatic carbocycles. The first kappa shape index (κ1) is 13.6. The molecule has 1 fully saturated rings. The summed E-state index contributed by atoms with van der Waals surface area (Å²) in [6.07, 6.45) is 3.76. The summed E-state index contributed by atoms with van der Waals surface area (Å²) in [4.78, 5) is 14.1. The first-order chi connectivity index (χ1) is 8.51. The number of amides is 1. The lowest BCUT2D eigenvalue weighted by molar-refractivity contribution is -0.136. The van der Waals surface area contributed by atoms with Crippen LogP contribution in [0.3, 0.4) is 0 Å². The number of carbonyl (C=O) groups excluding carboxylic acids is 1. The highest BCUT2D eigenvalue weighted by atomic mass is 79.9. The van der Waals surface area contributed by atoms with Gasteiger partial charge < -0.3 is 10.6 Å². The molecule has 3 nitrogen and oxygen atoms in total. The van der Waals surface area contributed by atoms with Crippen LogP contribution in [0.2, 0.25) is 0 Å². The summed E-state index contributed by atoms with van der Waals surface area (Å²) in [6, 6.07) is 8.01. The van der Waals surface area contributed by atoms with Crippen molar-refractivity contribution < 1.29 is 4.79 Å². The Hall–Kier alpha value is -0.870. The number of benzene rings is 1. The monoisotopic (exact) mass is 310 g/mol. The summed E-state index contributed by atoms with van der Waals surface area (Å²) >= 11 is 3.40. The van der Waals surface area contributed by atoms with Gasteiger partial charge in [0.1, 0.15) is 0 Å². The molecule has 0 unspecified atom stereocenters. The predicted octanol–water partition coefficient (Wildman–Crippen LogP) is 2.68. The van der Waals surface area contributed by atoms with Crippen molar-refractivity contribution in [2.75, 3.05) is 7.05 Å². The van der Waals surface area contributed by atoms with Crippen LogP contribution in [0.5, 0.6) is 0 Å². The van der Waals surface area contributed by atoms with Crippen LogP contribution in [-0.4, -0.2) is 23.4 Å². The minimum atomic E-state index is -0.621. The lowest BCUT2D eigenvalue weighted by Crippen LogP contribution is -2.52. The van der Waals surface area contributed by atoms with Gasteiger partial charge in [-0.1, -0.05) is 40.9 Å². The van der Waals surface area contributed by atoms with Crippen LogP contribution in [0, 0.1) is 0 Å². The molecule has 1 aliphatic rings. The van der Waals surface area contributed by atoms with E-state index in [1.165, 1.54) is 0 Å². The number of hydrogen-bond donors (Lipinski definition) is 1. The highest BCUT2D eigenvalue weighted by Gasteiger charge is 2.38. The molecule has 0 aliphatic heterocycles. The third-order valence-corrected chi connectivity index (χ3v) is 4.13. The maximum Gasteiger partial charge on any atom is 0.242 e. The molecule has 2 rings (SSSR count). The second-order valence-electron chi connectivity index (χ2n) is 5.15.